The monoisotopic (exact) mass is 298 g/mol. The molecule has 4 atom stereocenters. The first-order valence-corrected chi connectivity index (χ1v) is 7.29. The van der Waals surface area contributed by atoms with Crippen molar-refractivity contribution in [1.29, 1.82) is 0 Å². The summed E-state index contributed by atoms with van der Waals surface area (Å²) in [5, 5.41) is 10.7. The van der Waals surface area contributed by atoms with Gasteiger partial charge in [0.05, 0.1) is 22.4 Å². The van der Waals surface area contributed by atoms with Crippen LogP contribution in [0, 0.1) is 33.8 Å². The number of benzene rings is 1. The maximum Gasteiger partial charge on any atom is 0.269 e. The largest absolute Gasteiger partial charge is 0.274 e. The van der Waals surface area contributed by atoms with Crippen molar-refractivity contribution in [2.75, 3.05) is 4.90 Å². The summed E-state index contributed by atoms with van der Waals surface area (Å²) < 4.78 is 0. The van der Waals surface area contributed by atoms with Gasteiger partial charge in [0.1, 0.15) is 0 Å². The Labute approximate surface area is 126 Å². The van der Waals surface area contributed by atoms with Crippen LogP contribution in [0.2, 0.25) is 0 Å². The quantitative estimate of drug-likeness (QED) is 0.363. The first-order valence-electron chi connectivity index (χ1n) is 7.29. The third kappa shape index (κ3) is 1.55. The van der Waals surface area contributed by atoms with Crippen LogP contribution >= 0.6 is 0 Å². The van der Waals surface area contributed by atoms with Gasteiger partial charge in [-0.1, -0.05) is 11.6 Å². The molecular weight excluding hydrogens is 284 g/mol. The fraction of sp³-hybridized carbons (Fsp3) is 0.375. The van der Waals surface area contributed by atoms with E-state index in [2.05, 4.69) is 6.08 Å². The summed E-state index contributed by atoms with van der Waals surface area (Å²) in [5.41, 5.74) is 1.57. The molecule has 1 aromatic rings. The molecule has 6 heteroatoms. The van der Waals surface area contributed by atoms with Gasteiger partial charge in [-0.15, -0.1) is 0 Å². The molecule has 1 aliphatic heterocycles. The Morgan fingerprint density at radius 1 is 1.14 bits per heavy atom. The highest BCUT2D eigenvalue weighted by Gasteiger charge is 2.60. The number of rotatable bonds is 2. The molecule has 1 saturated heterocycles. The van der Waals surface area contributed by atoms with E-state index in [1.165, 1.54) is 34.7 Å². The summed E-state index contributed by atoms with van der Waals surface area (Å²) in [6.45, 7) is 2.02. The Morgan fingerprint density at radius 3 is 2.41 bits per heavy atom. The van der Waals surface area contributed by atoms with E-state index in [1.54, 1.807) is 0 Å². The van der Waals surface area contributed by atoms with Gasteiger partial charge in [0.25, 0.3) is 5.69 Å². The summed E-state index contributed by atoms with van der Waals surface area (Å²) in [6, 6.07) is 5.58. The molecule has 22 heavy (non-hydrogen) atoms. The predicted molar refractivity (Wildman–Crippen MR) is 77.9 cm³/mol. The normalized spacial score (nSPS) is 32.4. The molecule has 3 aliphatic rings. The lowest BCUT2D eigenvalue weighted by Gasteiger charge is -2.19. The molecule has 0 radical (unpaired) electrons. The maximum atomic E-state index is 12.7. The number of nitrogens with zero attached hydrogens (tertiary/aromatic N) is 2. The average molecular weight is 298 g/mol. The van der Waals surface area contributed by atoms with Crippen molar-refractivity contribution in [1.82, 2.24) is 0 Å². The zero-order chi connectivity index (χ0) is 15.6. The molecule has 2 aliphatic carbocycles. The Kier molecular flexibility index (Phi) is 2.55. The Balaban J connectivity index is 1.69. The lowest BCUT2D eigenvalue weighted by Crippen LogP contribution is -2.32. The highest BCUT2D eigenvalue weighted by atomic mass is 16.6. The second-order valence-corrected chi connectivity index (χ2v) is 6.25. The summed E-state index contributed by atoms with van der Waals surface area (Å²) >= 11 is 0. The van der Waals surface area contributed by atoms with Crippen LogP contribution in [0.3, 0.4) is 0 Å². The molecule has 1 saturated carbocycles. The minimum absolute atomic E-state index is 0.0550. The fourth-order valence-corrected chi connectivity index (χ4v) is 4.25. The smallest absolute Gasteiger partial charge is 0.269 e. The Morgan fingerprint density at radius 2 is 1.77 bits per heavy atom. The maximum absolute atomic E-state index is 12.7. The summed E-state index contributed by atoms with van der Waals surface area (Å²) in [4.78, 5) is 36.8. The van der Waals surface area contributed by atoms with Crippen molar-refractivity contribution in [3.05, 3.63) is 46.0 Å². The van der Waals surface area contributed by atoms with Crippen LogP contribution < -0.4 is 4.90 Å². The summed E-state index contributed by atoms with van der Waals surface area (Å²) in [5.74, 6) is -0.498. The van der Waals surface area contributed by atoms with E-state index in [0.717, 1.165) is 6.42 Å². The SMILES string of the molecule is CC1=C[C@@H]2C[C@@H]1[C@H]1C(=O)N(c3ccc([N+](=O)[O-])cc3)C(=O)[C@@H]12. The summed E-state index contributed by atoms with van der Waals surface area (Å²) in [7, 11) is 0. The second-order valence-electron chi connectivity index (χ2n) is 6.25. The van der Waals surface area contributed by atoms with E-state index in [-0.39, 0.29) is 41.2 Å². The number of hydrogen-bond acceptors (Lipinski definition) is 4. The first kappa shape index (κ1) is 13.2. The lowest BCUT2D eigenvalue weighted by atomic mass is 9.82. The molecule has 1 heterocycles. The number of fused-ring (bicyclic) bond motifs is 5. The van der Waals surface area contributed by atoms with Crippen molar-refractivity contribution in [3.8, 4) is 0 Å². The number of allylic oxidation sites excluding steroid dienone is 2. The molecule has 112 valence electrons. The molecule has 6 nitrogen and oxygen atoms in total. The second kappa shape index (κ2) is 4.25. The van der Waals surface area contributed by atoms with Crippen molar-refractivity contribution in [2.45, 2.75) is 13.3 Å². The molecule has 0 unspecified atom stereocenters. The number of anilines is 1. The number of non-ortho nitro benzene ring substituents is 1. The molecule has 2 bridgehead atoms. The molecule has 0 spiro atoms. The number of imide groups is 1. The van der Waals surface area contributed by atoms with Gasteiger partial charge in [-0.05, 0) is 37.3 Å². The number of nitro groups is 1. The molecule has 2 fully saturated rings. The zero-order valence-corrected chi connectivity index (χ0v) is 11.9. The van der Waals surface area contributed by atoms with E-state index in [1.807, 2.05) is 6.92 Å². The topological polar surface area (TPSA) is 80.5 Å². The van der Waals surface area contributed by atoms with Crippen LogP contribution in [0.25, 0.3) is 0 Å². The van der Waals surface area contributed by atoms with E-state index < -0.39 is 4.92 Å². The van der Waals surface area contributed by atoms with Gasteiger partial charge in [0.15, 0.2) is 0 Å². The molecule has 2 amide bonds. The Bertz CT molecular complexity index is 737. The summed E-state index contributed by atoms with van der Waals surface area (Å²) in [6.07, 6.45) is 3.02. The lowest BCUT2D eigenvalue weighted by molar-refractivity contribution is -0.384. The van der Waals surface area contributed by atoms with Gasteiger partial charge < -0.3 is 0 Å². The minimum Gasteiger partial charge on any atom is -0.274 e. The van der Waals surface area contributed by atoms with Crippen molar-refractivity contribution < 1.29 is 14.5 Å². The van der Waals surface area contributed by atoms with Crippen LogP contribution in [-0.2, 0) is 9.59 Å². The van der Waals surface area contributed by atoms with Gasteiger partial charge >= 0.3 is 0 Å². The zero-order valence-electron chi connectivity index (χ0n) is 11.9. The van der Waals surface area contributed by atoms with Crippen molar-refractivity contribution in [2.24, 2.45) is 23.7 Å². The van der Waals surface area contributed by atoms with Gasteiger partial charge in [0, 0.05) is 12.1 Å². The third-order valence-electron chi connectivity index (χ3n) is 5.20. The molecule has 0 aromatic heterocycles. The van der Waals surface area contributed by atoms with E-state index in [0.29, 0.717) is 5.69 Å². The van der Waals surface area contributed by atoms with E-state index in [4.69, 9.17) is 0 Å². The highest BCUT2D eigenvalue weighted by molar-refractivity contribution is 6.22. The third-order valence-corrected chi connectivity index (χ3v) is 5.20. The van der Waals surface area contributed by atoms with Crippen LogP contribution in [0.4, 0.5) is 11.4 Å². The molecule has 0 N–H and O–H groups in total. The molecule has 1 aromatic carbocycles. The van der Waals surface area contributed by atoms with Gasteiger partial charge in [-0.2, -0.15) is 0 Å². The van der Waals surface area contributed by atoms with Gasteiger partial charge in [0.2, 0.25) is 11.8 Å². The van der Waals surface area contributed by atoms with Crippen molar-refractivity contribution >= 4 is 23.2 Å². The predicted octanol–water partition coefficient (Wildman–Crippen LogP) is 2.30. The van der Waals surface area contributed by atoms with Gasteiger partial charge in [-0.25, -0.2) is 0 Å². The average Bonchev–Trinajstić information content (AvgIpc) is 3.11. The van der Waals surface area contributed by atoms with Gasteiger partial charge in [-0.3, -0.25) is 24.6 Å². The number of carbonyl (C=O) groups excluding carboxylic acids is 2. The number of carbonyl (C=O) groups is 2. The van der Waals surface area contributed by atoms with E-state index >= 15 is 0 Å². The standard InChI is InChI=1S/C16H14N2O4/c1-8-6-9-7-12(8)14-13(9)15(19)17(16(14)20)10-2-4-11(5-3-10)18(21)22/h2-6,9,12-14H,7H2,1H3/t9-,12+,13-,14-/m1/s1. The van der Waals surface area contributed by atoms with Crippen LogP contribution in [0.1, 0.15) is 13.3 Å². The fourth-order valence-electron chi connectivity index (χ4n) is 4.25. The van der Waals surface area contributed by atoms with Crippen LogP contribution in [0.15, 0.2) is 35.9 Å². The highest BCUT2D eigenvalue weighted by Crippen LogP contribution is 2.55. The van der Waals surface area contributed by atoms with Crippen LogP contribution in [-0.4, -0.2) is 16.7 Å². The molecule has 4 rings (SSSR count). The number of nitro benzene ring substituents is 1. The van der Waals surface area contributed by atoms with E-state index in [9.17, 15) is 19.7 Å². The minimum atomic E-state index is -0.500. The Hall–Kier alpha value is -2.50. The van der Waals surface area contributed by atoms with Crippen LogP contribution in [0.5, 0.6) is 0 Å². The number of amides is 2. The molecular formula is C16H14N2O4. The van der Waals surface area contributed by atoms with Crippen molar-refractivity contribution in [3.63, 3.8) is 0 Å². The number of hydrogen-bond donors (Lipinski definition) is 0. The first-order chi connectivity index (χ1) is 10.5.